The van der Waals surface area contributed by atoms with Gasteiger partial charge < -0.3 is 0 Å². The predicted octanol–water partition coefficient (Wildman–Crippen LogP) is 5.07. The number of nitrogens with zero attached hydrogens (tertiary/aromatic N) is 4. The van der Waals surface area contributed by atoms with Gasteiger partial charge in [0, 0.05) is 21.2 Å². The number of aromatic nitrogens is 3. The minimum atomic E-state index is -0.331. The van der Waals surface area contributed by atoms with Crippen molar-refractivity contribution in [2.45, 2.75) is 20.0 Å². The summed E-state index contributed by atoms with van der Waals surface area (Å²) in [6.07, 6.45) is 0. The molecule has 5 nitrogen and oxygen atoms in total. The molecule has 0 saturated heterocycles. The number of nitrogens with one attached hydrogen (secondary N) is 1. The summed E-state index contributed by atoms with van der Waals surface area (Å²) in [5.74, 6) is 1.21. The fourth-order valence-electron chi connectivity index (χ4n) is 3.86. The third-order valence-electron chi connectivity index (χ3n) is 5.27. The number of anilines is 2. The number of halogens is 2. The first-order chi connectivity index (χ1) is 15.2. The van der Waals surface area contributed by atoms with Gasteiger partial charge in [-0.1, -0.05) is 48.0 Å². The Balaban J connectivity index is 1.74. The van der Waals surface area contributed by atoms with Crippen LogP contribution in [0.1, 0.15) is 23.9 Å². The van der Waals surface area contributed by atoms with E-state index in [1.54, 1.807) is 6.07 Å². The topological polar surface area (TPSA) is 46.1 Å². The SMILES string of the molecule is CCn1nc(Nc2ccccc2)[n+]2c1CN=C(c1ccccc1Cl)c1cc(F)ccc1-2. The monoisotopic (exact) mass is 432 g/mol. The van der Waals surface area contributed by atoms with Crippen LogP contribution in [0.25, 0.3) is 5.69 Å². The van der Waals surface area contributed by atoms with Crippen molar-refractivity contribution in [3.63, 3.8) is 0 Å². The molecule has 0 spiro atoms. The second-order valence-electron chi connectivity index (χ2n) is 7.19. The normalized spacial score (nSPS) is 12.5. The molecule has 1 aliphatic rings. The van der Waals surface area contributed by atoms with Crippen molar-refractivity contribution in [1.29, 1.82) is 0 Å². The quantitative estimate of drug-likeness (QED) is 0.458. The lowest BCUT2D eigenvalue weighted by Gasteiger charge is -2.11. The minimum absolute atomic E-state index is 0.331. The van der Waals surface area contributed by atoms with Crippen LogP contribution in [0.3, 0.4) is 0 Å². The average molecular weight is 433 g/mol. The van der Waals surface area contributed by atoms with Crippen LogP contribution in [0.5, 0.6) is 0 Å². The molecule has 31 heavy (non-hydrogen) atoms. The zero-order chi connectivity index (χ0) is 21.4. The molecule has 0 atom stereocenters. The van der Waals surface area contributed by atoms with E-state index in [2.05, 4.69) is 5.32 Å². The zero-order valence-electron chi connectivity index (χ0n) is 16.9. The first-order valence-corrected chi connectivity index (χ1v) is 10.5. The highest BCUT2D eigenvalue weighted by atomic mass is 35.5. The van der Waals surface area contributed by atoms with Gasteiger partial charge >= 0.3 is 5.95 Å². The van der Waals surface area contributed by atoms with E-state index in [-0.39, 0.29) is 5.82 Å². The van der Waals surface area contributed by atoms with Crippen LogP contribution in [-0.2, 0) is 13.1 Å². The first-order valence-electron chi connectivity index (χ1n) is 10.1. The molecular weight excluding hydrogens is 413 g/mol. The Hall–Kier alpha value is -3.51. The molecule has 0 fully saturated rings. The van der Waals surface area contributed by atoms with Crippen LogP contribution in [0.4, 0.5) is 16.0 Å². The van der Waals surface area contributed by atoms with Gasteiger partial charge in [0.05, 0.1) is 17.9 Å². The van der Waals surface area contributed by atoms with Crippen LogP contribution in [-0.4, -0.2) is 15.5 Å². The molecule has 1 aromatic heterocycles. The molecule has 1 aliphatic heterocycles. The van der Waals surface area contributed by atoms with Gasteiger partial charge in [-0.05, 0) is 43.3 Å². The summed E-state index contributed by atoms with van der Waals surface area (Å²) in [6, 6.07) is 22.1. The summed E-state index contributed by atoms with van der Waals surface area (Å²) in [4.78, 5) is 4.86. The number of hydrogen-bond donors (Lipinski definition) is 1. The van der Waals surface area contributed by atoms with Crippen LogP contribution in [0, 0.1) is 5.82 Å². The highest BCUT2D eigenvalue weighted by molar-refractivity contribution is 6.35. The first kappa shape index (κ1) is 19.5. The van der Waals surface area contributed by atoms with E-state index in [0.717, 1.165) is 22.8 Å². The molecule has 0 aliphatic carbocycles. The third-order valence-corrected chi connectivity index (χ3v) is 5.60. The molecule has 0 bridgehead atoms. The summed E-state index contributed by atoms with van der Waals surface area (Å²) in [5.41, 5.74) is 3.82. The molecule has 0 radical (unpaired) electrons. The Morgan fingerprint density at radius 1 is 1.03 bits per heavy atom. The van der Waals surface area contributed by atoms with Crippen molar-refractivity contribution in [1.82, 2.24) is 9.78 Å². The second-order valence-corrected chi connectivity index (χ2v) is 7.60. The molecule has 5 rings (SSSR count). The lowest BCUT2D eigenvalue weighted by molar-refractivity contribution is -0.590. The second kappa shape index (κ2) is 7.96. The molecule has 0 saturated carbocycles. The number of aryl methyl sites for hydroxylation is 1. The largest absolute Gasteiger partial charge is 0.387 e. The highest BCUT2D eigenvalue weighted by Gasteiger charge is 2.31. The number of para-hydroxylation sites is 1. The van der Waals surface area contributed by atoms with Gasteiger partial charge in [-0.15, -0.1) is 4.68 Å². The fraction of sp³-hybridized carbons (Fsp3) is 0.125. The Morgan fingerprint density at radius 2 is 1.81 bits per heavy atom. The summed E-state index contributed by atoms with van der Waals surface area (Å²) >= 11 is 6.49. The van der Waals surface area contributed by atoms with E-state index in [0.29, 0.717) is 35.3 Å². The van der Waals surface area contributed by atoms with Gasteiger partial charge in [-0.3, -0.25) is 10.3 Å². The van der Waals surface area contributed by atoms with Crippen LogP contribution in [0.15, 0.2) is 77.8 Å². The molecule has 1 N–H and O–H groups in total. The van der Waals surface area contributed by atoms with E-state index < -0.39 is 0 Å². The number of rotatable bonds is 4. The van der Waals surface area contributed by atoms with Gasteiger partial charge in [0.25, 0.3) is 0 Å². The molecule has 4 aromatic rings. The van der Waals surface area contributed by atoms with E-state index >= 15 is 0 Å². The highest BCUT2D eigenvalue weighted by Crippen LogP contribution is 2.27. The van der Waals surface area contributed by atoms with Gasteiger partial charge in [-0.2, -0.15) is 4.57 Å². The van der Waals surface area contributed by atoms with Gasteiger partial charge in [0.15, 0.2) is 0 Å². The maximum Gasteiger partial charge on any atom is 0.387 e. The van der Waals surface area contributed by atoms with Crippen molar-refractivity contribution >= 4 is 28.9 Å². The van der Waals surface area contributed by atoms with Crippen LogP contribution >= 0.6 is 11.6 Å². The van der Waals surface area contributed by atoms with Gasteiger partial charge in [0.1, 0.15) is 18.0 Å². The zero-order valence-corrected chi connectivity index (χ0v) is 17.6. The van der Waals surface area contributed by atoms with Crippen molar-refractivity contribution in [2.24, 2.45) is 4.99 Å². The number of fused-ring (bicyclic) bond motifs is 3. The summed E-state index contributed by atoms with van der Waals surface area (Å²) < 4.78 is 18.3. The van der Waals surface area contributed by atoms with E-state index in [4.69, 9.17) is 21.7 Å². The number of benzene rings is 3. The lowest BCUT2D eigenvalue weighted by Crippen LogP contribution is -2.37. The Bertz CT molecular complexity index is 1300. The number of aliphatic imine (C=N–C) groups is 1. The molecule has 3 aromatic carbocycles. The minimum Gasteiger partial charge on any atom is -0.274 e. The van der Waals surface area contributed by atoms with E-state index in [1.165, 1.54) is 12.1 Å². The molecule has 7 heteroatoms. The predicted molar refractivity (Wildman–Crippen MR) is 120 cm³/mol. The lowest BCUT2D eigenvalue weighted by atomic mass is 10.00. The van der Waals surface area contributed by atoms with Crippen molar-refractivity contribution in [2.75, 3.05) is 5.32 Å². The molecule has 2 heterocycles. The van der Waals surface area contributed by atoms with Gasteiger partial charge in [0.2, 0.25) is 5.82 Å². The maximum absolute atomic E-state index is 14.4. The molecule has 0 unspecified atom stereocenters. The van der Waals surface area contributed by atoms with Crippen LogP contribution in [0.2, 0.25) is 5.02 Å². The maximum atomic E-state index is 14.4. The average Bonchev–Trinajstić information content (AvgIpc) is 3.03. The standard InChI is InChI=1S/C24H20ClFN5/c1-2-30-22-15-27-23(18-10-6-7-11-20(18)25)19-14-16(26)12-13-21(19)31(22)24(29-30)28-17-8-4-3-5-9-17/h3-14H,2,15H2,1H3,(H,28,29)/q+1. The third kappa shape index (κ3) is 3.49. The Labute approximate surface area is 184 Å². The Morgan fingerprint density at radius 3 is 2.58 bits per heavy atom. The smallest absolute Gasteiger partial charge is 0.274 e. The summed E-state index contributed by atoms with van der Waals surface area (Å²) in [5, 5.41) is 8.74. The fourth-order valence-corrected chi connectivity index (χ4v) is 4.08. The number of hydrogen-bond acceptors (Lipinski definition) is 3. The summed E-state index contributed by atoms with van der Waals surface area (Å²) in [6.45, 7) is 3.10. The molecule has 0 amide bonds. The van der Waals surface area contributed by atoms with Crippen LogP contribution < -0.4 is 9.88 Å². The van der Waals surface area contributed by atoms with Gasteiger partial charge in [-0.25, -0.2) is 4.39 Å². The van der Waals surface area contributed by atoms with Crippen molar-refractivity contribution in [3.8, 4) is 5.69 Å². The molecular formula is C24H20ClFN5+. The van der Waals surface area contributed by atoms with E-state index in [9.17, 15) is 4.39 Å². The Kier molecular flexibility index (Phi) is 5.00. The van der Waals surface area contributed by atoms with E-state index in [1.807, 2.05) is 70.8 Å². The van der Waals surface area contributed by atoms with Crippen molar-refractivity contribution < 1.29 is 8.96 Å². The summed E-state index contributed by atoms with van der Waals surface area (Å²) in [7, 11) is 0. The van der Waals surface area contributed by atoms with Crippen molar-refractivity contribution in [3.05, 3.63) is 101 Å². The molecule has 154 valence electrons.